The quantitative estimate of drug-likeness (QED) is 0.549. The van der Waals surface area contributed by atoms with Crippen molar-refractivity contribution in [2.24, 2.45) is 0 Å². The molecule has 0 saturated heterocycles. The van der Waals surface area contributed by atoms with E-state index in [0.29, 0.717) is 18.7 Å². The first-order chi connectivity index (χ1) is 13.2. The Morgan fingerprint density at radius 3 is 2.41 bits per heavy atom. The summed E-state index contributed by atoms with van der Waals surface area (Å²) in [5, 5.41) is 0. The summed E-state index contributed by atoms with van der Waals surface area (Å²) in [6.45, 7) is 5.66. The Morgan fingerprint density at radius 2 is 1.67 bits per heavy atom. The van der Waals surface area contributed by atoms with E-state index < -0.39 is 0 Å². The van der Waals surface area contributed by atoms with E-state index in [0.717, 1.165) is 19.6 Å². The minimum atomic E-state index is -0.157. The number of hydrogen-bond acceptors (Lipinski definition) is 2. The number of aryl methyl sites for hydroxylation is 1. The summed E-state index contributed by atoms with van der Waals surface area (Å²) in [5.41, 5.74) is 4.53. The number of benzene rings is 2. The second-order valence-corrected chi connectivity index (χ2v) is 6.85. The lowest BCUT2D eigenvalue weighted by atomic mass is 10.1. The highest BCUT2D eigenvalue weighted by atomic mass is 19.1. The van der Waals surface area contributed by atoms with Crippen LogP contribution in [0.25, 0.3) is 0 Å². The Hall–Kier alpha value is -2.43. The van der Waals surface area contributed by atoms with Crippen molar-refractivity contribution in [2.75, 3.05) is 20.3 Å². The highest BCUT2D eigenvalue weighted by Gasteiger charge is 2.12. The molecule has 1 heterocycles. The van der Waals surface area contributed by atoms with Crippen LogP contribution in [0.5, 0.6) is 0 Å². The number of halogens is 1. The molecule has 0 fully saturated rings. The fourth-order valence-electron chi connectivity index (χ4n) is 3.25. The summed E-state index contributed by atoms with van der Waals surface area (Å²) in [6.07, 6.45) is 2.11. The molecule has 0 aliphatic heterocycles. The fraction of sp³-hybridized carbons (Fsp3) is 0.304. The summed E-state index contributed by atoms with van der Waals surface area (Å²) in [4.78, 5) is 2.23. The molecular formula is C23H27FN2O. The van der Waals surface area contributed by atoms with Gasteiger partial charge in [-0.15, -0.1) is 0 Å². The van der Waals surface area contributed by atoms with Gasteiger partial charge in [-0.05, 0) is 36.2 Å². The van der Waals surface area contributed by atoms with E-state index in [1.54, 1.807) is 13.2 Å². The SMILES string of the molecule is COCCN(Cc1ccccc1F)Cc1cccn1Cc1ccccc1C. The van der Waals surface area contributed by atoms with E-state index in [9.17, 15) is 4.39 Å². The molecule has 3 aromatic rings. The van der Waals surface area contributed by atoms with Crippen molar-refractivity contribution in [1.82, 2.24) is 9.47 Å². The maximum Gasteiger partial charge on any atom is 0.127 e. The van der Waals surface area contributed by atoms with Crippen LogP contribution in [0.3, 0.4) is 0 Å². The van der Waals surface area contributed by atoms with Gasteiger partial charge in [0.05, 0.1) is 6.61 Å². The maximum atomic E-state index is 14.1. The summed E-state index contributed by atoms with van der Waals surface area (Å²) in [6, 6.07) is 19.6. The molecule has 0 saturated carbocycles. The second kappa shape index (κ2) is 9.49. The van der Waals surface area contributed by atoms with Gasteiger partial charge >= 0.3 is 0 Å². The van der Waals surface area contributed by atoms with Crippen LogP contribution in [-0.2, 0) is 24.4 Å². The fourth-order valence-corrected chi connectivity index (χ4v) is 3.25. The minimum absolute atomic E-state index is 0.157. The van der Waals surface area contributed by atoms with Crippen LogP contribution >= 0.6 is 0 Å². The lowest BCUT2D eigenvalue weighted by Crippen LogP contribution is -2.28. The number of rotatable bonds is 9. The molecule has 1 aromatic heterocycles. The van der Waals surface area contributed by atoms with Gasteiger partial charge in [0.15, 0.2) is 0 Å². The van der Waals surface area contributed by atoms with Gasteiger partial charge < -0.3 is 9.30 Å². The van der Waals surface area contributed by atoms with Crippen LogP contribution in [-0.4, -0.2) is 29.7 Å². The van der Waals surface area contributed by atoms with Crippen molar-refractivity contribution in [1.29, 1.82) is 0 Å². The Morgan fingerprint density at radius 1 is 0.926 bits per heavy atom. The van der Waals surface area contributed by atoms with Crippen molar-refractivity contribution < 1.29 is 9.13 Å². The van der Waals surface area contributed by atoms with Gasteiger partial charge in [-0.3, -0.25) is 4.90 Å². The van der Waals surface area contributed by atoms with Crippen LogP contribution in [0.4, 0.5) is 4.39 Å². The molecule has 0 unspecified atom stereocenters. The molecule has 0 aliphatic carbocycles. The summed E-state index contributed by atoms with van der Waals surface area (Å²) in [7, 11) is 1.70. The van der Waals surface area contributed by atoms with E-state index in [2.05, 4.69) is 59.0 Å². The molecule has 0 atom stereocenters. The van der Waals surface area contributed by atoms with Crippen LogP contribution < -0.4 is 0 Å². The second-order valence-electron chi connectivity index (χ2n) is 6.85. The van der Waals surface area contributed by atoms with Gasteiger partial charge in [0, 0.05) is 50.7 Å². The zero-order chi connectivity index (χ0) is 19.1. The molecule has 3 nitrogen and oxygen atoms in total. The van der Waals surface area contributed by atoms with Crippen molar-refractivity contribution in [3.8, 4) is 0 Å². The molecule has 0 bridgehead atoms. The first kappa shape index (κ1) is 19.3. The molecule has 0 aliphatic rings. The van der Waals surface area contributed by atoms with Gasteiger partial charge in [-0.1, -0.05) is 42.5 Å². The molecule has 4 heteroatoms. The minimum Gasteiger partial charge on any atom is -0.383 e. The van der Waals surface area contributed by atoms with E-state index in [4.69, 9.17) is 4.74 Å². The van der Waals surface area contributed by atoms with Crippen LogP contribution in [0.1, 0.15) is 22.4 Å². The van der Waals surface area contributed by atoms with Crippen LogP contribution in [0.2, 0.25) is 0 Å². The van der Waals surface area contributed by atoms with Crippen molar-refractivity contribution >= 4 is 0 Å². The van der Waals surface area contributed by atoms with Crippen LogP contribution in [0, 0.1) is 12.7 Å². The maximum absolute atomic E-state index is 14.1. The van der Waals surface area contributed by atoms with Crippen molar-refractivity contribution in [2.45, 2.75) is 26.6 Å². The molecular weight excluding hydrogens is 339 g/mol. The average molecular weight is 366 g/mol. The highest BCUT2D eigenvalue weighted by molar-refractivity contribution is 5.26. The molecule has 0 radical (unpaired) electrons. The largest absolute Gasteiger partial charge is 0.383 e. The first-order valence-electron chi connectivity index (χ1n) is 9.30. The normalized spacial score (nSPS) is 11.3. The molecule has 142 valence electrons. The molecule has 0 N–H and O–H groups in total. The lowest BCUT2D eigenvalue weighted by Gasteiger charge is -2.23. The average Bonchev–Trinajstić information content (AvgIpc) is 3.10. The van der Waals surface area contributed by atoms with Gasteiger partial charge in [0.1, 0.15) is 5.82 Å². The number of hydrogen-bond donors (Lipinski definition) is 0. The van der Waals surface area contributed by atoms with Crippen molar-refractivity contribution in [3.05, 3.63) is 95.1 Å². The molecule has 2 aromatic carbocycles. The third kappa shape index (κ3) is 5.28. The van der Waals surface area contributed by atoms with E-state index in [1.807, 2.05) is 12.1 Å². The zero-order valence-electron chi connectivity index (χ0n) is 16.1. The van der Waals surface area contributed by atoms with Gasteiger partial charge in [0.2, 0.25) is 0 Å². The topological polar surface area (TPSA) is 17.4 Å². The predicted octanol–water partition coefficient (Wildman–Crippen LogP) is 4.63. The van der Waals surface area contributed by atoms with Gasteiger partial charge in [-0.25, -0.2) is 4.39 Å². The predicted molar refractivity (Wildman–Crippen MR) is 107 cm³/mol. The Labute approximate surface area is 161 Å². The molecule has 0 amide bonds. The standard InChI is InChI=1S/C23H27FN2O/c1-19-8-3-4-9-20(19)17-26-13-7-11-22(26)18-25(14-15-27-2)16-21-10-5-6-12-23(21)24/h3-13H,14-18H2,1-2H3. The monoisotopic (exact) mass is 366 g/mol. The van der Waals surface area contributed by atoms with Crippen LogP contribution in [0.15, 0.2) is 66.9 Å². The third-order valence-corrected chi connectivity index (χ3v) is 4.87. The third-order valence-electron chi connectivity index (χ3n) is 4.87. The summed E-state index contributed by atoms with van der Waals surface area (Å²) < 4.78 is 21.6. The number of methoxy groups -OCH3 is 1. The summed E-state index contributed by atoms with van der Waals surface area (Å²) in [5.74, 6) is -0.157. The zero-order valence-corrected chi connectivity index (χ0v) is 16.1. The number of ether oxygens (including phenoxy) is 1. The van der Waals surface area contributed by atoms with E-state index in [1.165, 1.54) is 22.9 Å². The van der Waals surface area contributed by atoms with Gasteiger partial charge in [-0.2, -0.15) is 0 Å². The molecule has 27 heavy (non-hydrogen) atoms. The highest BCUT2D eigenvalue weighted by Crippen LogP contribution is 2.16. The van der Waals surface area contributed by atoms with Crippen molar-refractivity contribution in [3.63, 3.8) is 0 Å². The number of nitrogens with zero attached hydrogens (tertiary/aromatic N) is 2. The Balaban J connectivity index is 1.75. The first-order valence-corrected chi connectivity index (χ1v) is 9.30. The Bertz CT molecular complexity index is 859. The Kier molecular flexibility index (Phi) is 6.80. The smallest absolute Gasteiger partial charge is 0.127 e. The molecule has 3 rings (SSSR count). The lowest BCUT2D eigenvalue weighted by molar-refractivity contribution is 0.137. The van der Waals surface area contributed by atoms with E-state index >= 15 is 0 Å². The van der Waals surface area contributed by atoms with Gasteiger partial charge in [0.25, 0.3) is 0 Å². The number of aromatic nitrogens is 1. The molecule has 0 spiro atoms. The summed E-state index contributed by atoms with van der Waals surface area (Å²) >= 11 is 0. The van der Waals surface area contributed by atoms with E-state index in [-0.39, 0.29) is 5.82 Å².